The maximum atomic E-state index is 13.6. The van der Waals surface area contributed by atoms with Crippen LogP contribution in [0.15, 0.2) is 42.5 Å². The molecule has 8 heteroatoms. The molecule has 2 aromatic carbocycles. The second-order valence-corrected chi connectivity index (χ2v) is 7.89. The number of phenolic OH excluding ortho intramolecular Hbond substituents is 1. The standard InChI is InChI=1S/C24H25FN2O5/c25-16-3-1-14(2-4-16)21-19-6-5-17(29)11-20(19)23(24(31)26-12-18(30)13-28)27-22(21)15-7-9-32-10-8-15/h1-6,11,15,18,28-30H,7-10,12-13H2,(H,26,31). The average molecular weight is 440 g/mol. The number of fused-ring (bicyclic) bond motifs is 1. The molecule has 1 saturated heterocycles. The van der Waals surface area contributed by atoms with Crippen LogP contribution in [-0.4, -0.2) is 58.7 Å². The van der Waals surface area contributed by atoms with E-state index in [1.807, 2.05) is 0 Å². The third-order valence-corrected chi connectivity index (χ3v) is 5.68. The summed E-state index contributed by atoms with van der Waals surface area (Å²) in [4.78, 5) is 17.7. The van der Waals surface area contributed by atoms with Crippen LogP contribution in [0, 0.1) is 5.82 Å². The van der Waals surface area contributed by atoms with Gasteiger partial charge in [0.15, 0.2) is 0 Å². The van der Waals surface area contributed by atoms with Gasteiger partial charge in [-0.2, -0.15) is 0 Å². The summed E-state index contributed by atoms with van der Waals surface area (Å²) in [7, 11) is 0. The molecule has 7 nitrogen and oxygen atoms in total. The van der Waals surface area contributed by atoms with Gasteiger partial charge in [0.1, 0.15) is 17.3 Å². The lowest BCUT2D eigenvalue weighted by Gasteiger charge is -2.26. The number of rotatable bonds is 6. The van der Waals surface area contributed by atoms with Gasteiger partial charge >= 0.3 is 0 Å². The highest BCUT2D eigenvalue weighted by Crippen LogP contribution is 2.40. The zero-order valence-corrected chi connectivity index (χ0v) is 17.4. The first-order chi connectivity index (χ1) is 15.5. The van der Waals surface area contributed by atoms with Crippen LogP contribution in [0.5, 0.6) is 5.75 Å². The van der Waals surface area contributed by atoms with Gasteiger partial charge in [0, 0.05) is 36.6 Å². The fourth-order valence-electron chi connectivity index (χ4n) is 4.04. The Kier molecular flexibility index (Phi) is 6.64. The molecular formula is C24H25FN2O5. The van der Waals surface area contributed by atoms with Crippen LogP contribution in [-0.2, 0) is 4.74 Å². The zero-order valence-electron chi connectivity index (χ0n) is 17.4. The summed E-state index contributed by atoms with van der Waals surface area (Å²) in [6.45, 7) is 0.537. The summed E-state index contributed by atoms with van der Waals surface area (Å²) in [6.07, 6.45) is 0.372. The van der Waals surface area contributed by atoms with Crippen LogP contribution >= 0.6 is 0 Å². The van der Waals surface area contributed by atoms with Gasteiger partial charge in [0.25, 0.3) is 5.91 Å². The molecule has 1 amide bonds. The Labute approximate surface area is 184 Å². The molecule has 1 unspecified atom stereocenters. The number of amides is 1. The minimum absolute atomic E-state index is 0.0207. The van der Waals surface area contributed by atoms with Crippen LogP contribution < -0.4 is 5.32 Å². The van der Waals surface area contributed by atoms with Crippen molar-refractivity contribution < 1.29 is 29.2 Å². The molecule has 0 aliphatic carbocycles. The minimum atomic E-state index is -1.09. The third kappa shape index (κ3) is 4.57. The maximum Gasteiger partial charge on any atom is 0.270 e. The molecule has 3 aromatic rings. The lowest BCUT2D eigenvalue weighted by atomic mass is 9.86. The zero-order chi connectivity index (χ0) is 22.7. The first-order valence-corrected chi connectivity index (χ1v) is 10.6. The summed E-state index contributed by atoms with van der Waals surface area (Å²) in [5.41, 5.74) is 2.39. The number of aliphatic hydroxyl groups excluding tert-OH is 2. The van der Waals surface area contributed by atoms with Crippen molar-refractivity contribution in [3.63, 3.8) is 0 Å². The minimum Gasteiger partial charge on any atom is -0.508 e. The molecule has 0 radical (unpaired) electrons. The highest BCUT2D eigenvalue weighted by atomic mass is 19.1. The number of ether oxygens (including phenoxy) is 1. The van der Waals surface area contributed by atoms with E-state index < -0.39 is 18.6 Å². The lowest BCUT2D eigenvalue weighted by Crippen LogP contribution is -2.34. The molecule has 4 N–H and O–H groups in total. The van der Waals surface area contributed by atoms with E-state index >= 15 is 0 Å². The number of halogens is 1. The number of pyridine rings is 1. The van der Waals surface area contributed by atoms with Gasteiger partial charge in [-0.3, -0.25) is 4.79 Å². The molecule has 0 bridgehead atoms. The Bertz CT molecular complexity index is 1110. The smallest absolute Gasteiger partial charge is 0.270 e. The van der Waals surface area contributed by atoms with Crippen molar-refractivity contribution in [3.8, 4) is 16.9 Å². The number of carbonyl (C=O) groups is 1. The van der Waals surface area contributed by atoms with Crippen LogP contribution in [0.4, 0.5) is 4.39 Å². The van der Waals surface area contributed by atoms with Gasteiger partial charge < -0.3 is 25.4 Å². The Hall–Kier alpha value is -3.07. The number of aliphatic hydroxyl groups is 2. The van der Waals surface area contributed by atoms with Crippen LogP contribution in [0.1, 0.15) is 34.9 Å². The number of hydrogen-bond donors (Lipinski definition) is 4. The first-order valence-electron chi connectivity index (χ1n) is 10.6. The van der Waals surface area contributed by atoms with E-state index in [1.165, 1.54) is 18.2 Å². The van der Waals surface area contributed by atoms with Gasteiger partial charge in [-0.1, -0.05) is 12.1 Å². The number of phenols is 1. The van der Waals surface area contributed by atoms with E-state index in [9.17, 15) is 19.4 Å². The van der Waals surface area contributed by atoms with Crippen molar-refractivity contribution in [2.24, 2.45) is 0 Å². The summed E-state index contributed by atoms with van der Waals surface area (Å²) in [6, 6.07) is 10.9. The van der Waals surface area contributed by atoms with Crippen LogP contribution in [0.2, 0.25) is 0 Å². The lowest BCUT2D eigenvalue weighted by molar-refractivity contribution is 0.0797. The van der Waals surface area contributed by atoms with Crippen molar-refractivity contribution in [1.29, 1.82) is 0 Å². The molecule has 1 aliphatic rings. The molecule has 0 saturated carbocycles. The van der Waals surface area contributed by atoms with Crippen molar-refractivity contribution in [1.82, 2.24) is 10.3 Å². The fraction of sp³-hybridized carbons (Fsp3) is 0.333. The third-order valence-electron chi connectivity index (χ3n) is 5.68. The van der Waals surface area contributed by atoms with E-state index in [1.54, 1.807) is 24.3 Å². The van der Waals surface area contributed by atoms with E-state index in [-0.39, 0.29) is 29.7 Å². The molecule has 0 spiro atoms. The van der Waals surface area contributed by atoms with Crippen LogP contribution in [0.25, 0.3) is 21.9 Å². The maximum absolute atomic E-state index is 13.6. The Balaban J connectivity index is 1.92. The van der Waals surface area contributed by atoms with E-state index in [4.69, 9.17) is 14.8 Å². The number of nitrogens with one attached hydrogen (secondary N) is 1. The molecule has 4 rings (SSSR count). The largest absolute Gasteiger partial charge is 0.508 e. The molecule has 1 atom stereocenters. The number of hydrogen-bond acceptors (Lipinski definition) is 6. The molecule has 168 valence electrons. The predicted molar refractivity (Wildman–Crippen MR) is 117 cm³/mol. The number of aromatic nitrogens is 1. The first kappa shape index (κ1) is 22.1. The number of benzene rings is 2. The van der Waals surface area contributed by atoms with Gasteiger partial charge in [0.2, 0.25) is 0 Å². The fourth-order valence-corrected chi connectivity index (χ4v) is 4.04. The van der Waals surface area contributed by atoms with Gasteiger partial charge in [-0.15, -0.1) is 0 Å². The predicted octanol–water partition coefficient (Wildman–Crippen LogP) is 2.72. The normalized spacial score (nSPS) is 15.6. The highest BCUT2D eigenvalue weighted by Gasteiger charge is 2.26. The second kappa shape index (κ2) is 9.60. The summed E-state index contributed by atoms with van der Waals surface area (Å²) in [5.74, 6) is -0.856. The molecule has 2 heterocycles. The van der Waals surface area contributed by atoms with Crippen molar-refractivity contribution >= 4 is 16.7 Å². The van der Waals surface area contributed by atoms with Crippen molar-refractivity contribution in [2.75, 3.05) is 26.4 Å². The summed E-state index contributed by atoms with van der Waals surface area (Å²) in [5, 5.41) is 32.5. The number of aromatic hydroxyl groups is 1. The topological polar surface area (TPSA) is 112 Å². The van der Waals surface area contributed by atoms with Gasteiger partial charge in [0.05, 0.1) is 18.4 Å². The molecule has 1 fully saturated rings. The SMILES string of the molecule is O=C(NCC(O)CO)c1nc(C2CCOCC2)c(-c2ccc(F)cc2)c2ccc(O)cc12. The summed E-state index contributed by atoms with van der Waals surface area (Å²) < 4.78 is 19.1. The molecular weight excluding hydrogens is 415 g/mol. The quantitative estimate of drug-likeness (QED) is 0.469. The molecule has 1 aromatic heterocycles. The van der Waals surface area contributed by atoms with Gasteiger partial charge in [-0.25, -0.2) is 9.37 Å². The second-order valence-electron chi connectivity index (χ2n) is 7.89. The molecule has 32 heavy (non-hydrogen) atoms. The Morgan fingerprint density at radius 2 is 1.88 bits per heavy atom. The van der Waals surface area contributed by atoms with E-state index in [2.05, 4.69) is 5.32 Å². The van der Waals surface area contributed by atoms with Crippen molar-refractivity contribution in [3.05, 3.63) is 59.7 Å². The van der Waals surface area contributed by atoms with E-state index in [0.29, 0.717) is 29.7 Å². The van der Waals surface area contributed by atoms with Crippen molar-refractivity contribution in [2.45, 2.75) is 24.9 Å². The Morgan fingerprint density at radius 1 is 1.16 bits per heavy atom. The number of nitrogens with zero attached hydrogens (tertiary/aromatic N) is 1. The molecule has 1 aliphatic heterocycles. The number of carbonyl (C=O) groups excluding carboxylic acids is 1. The summed E-state index contributed by atoms with van der Waals surface area (Å²) >= 11 is 0. The van der Waals surface area contributed by atoms with Crippen LogP contribution in [0.3, 0.4) is 0 Å². The van der Waals surface area contributed by atoms with Gasteiger partial charge in [-0.05, 0) is 54.1 Å². The average Bonchev–Trinajstić information content (AvgIpc) is 2.82. The van der Waals surface area contributed by atoms with E-state index in [0.717, 1.165) is 24.0 Å². The highest BCUT2D eigenvalue weighted by molar-refractivity contribution is 6.10. The monoisotopic (exact) mass is 440 g/mol. The Morgan fingerprint density at radius 3 is 2.56 bits per heavy atom.